The van der Waals surface area contributed by atoms with Gasteiger partial charge in [0.15, 0.2) is 5.76 Å². The van der Waals surface area contributed by atoms with Crippen LogP contribution in [0.15, 0.2) is 89.3 Å². The third-order valence-corrected chi connectivity index (χ3v) is 4.90. The Morgan fingerprint density at radius 1 is 0.828 bits per heavy atom. The molecule has 0 atom stereocenters. The van der Waals surface area contributed by atoms with Gasteiger partial charge in [-0.2, -0.15) is 0 Å². The van der Waals surface area contributed by atoms with E-state index in [9.17, 15) is 4.79 Å². The molecule has 0 aliphatic carbocycles. The first-order valence-electron chi connectivity index (χ1n) is 9.62. The summed E-state index contributed by atoms with van der Waals surface area (Å²) >= 11 is 0. The smallest absolute Gasteiger partial charge is 0.290 e. The van der Waals surface area contributed by atoms with Crippen LogP contribution in [0.3, 0.4) is 0 Å². The van der Waals surface area contributed by atoms with E-state index in [-0.39, 0.29) is 5.91 Å². The van der Waals surface area contributed by atoms with Crippen molar-refractivity contribution in [1.82, 2.24) is 4.90 Å². The van der Waals surface area contributed by atoms with Gasteiger partial charge in [-0.25, -0.2) is 0 Å². The Hall–Kier alpha value is -3.37. The molecule has 0 spiro atoms. The van der Waals surface area contributed by atoms with E-state index in [1.807, 2.05) is 89.8 Å². The molecule has 1 aromatic heterocycles. The van der Waals surface area contributed by atoms with E-state index in [4.69, 9.17) is 9.15 Å². The lowest BCUT2D eigenvalue weighted by Crippen LogP contribution is -2.30. The molecule has 0 aliphatic rings. The topological polar surface area (TPSA) is 42.7 Å². The average Bonchev–Trinajstić information content (AvgIpc) is 3.13. The molecule has 3 aromatic carbocycles. The Labute approximate surface area is 170 Å². The van der Waals surface area contributed by atoms with Gasteiger partial charge in [0.05, 0.1) is 6.61 Å². The van der Waals surface area contributed by atoms with Crippen LogP contribution < -0.4 is 0 Å². The number of furan rings is 1. The second kappa shape index (κ2) is 8.76. The summed E-state index contributed by atoms with van der Waals surface area (Å²) < 4.78 is 11.4. The highest BCUT2D eigenvalue weighted by Crippen LogP contribution is 2.28. The summed E-state index contributed by atoms with van der Waals surface area (Å²) in [7, 11) is 1.63. The standard InChI is InChI=1S/C25H23NO3/c1-28-18-22-21-14-8-9-15-23(21)29-24(22)25(27)26(16-19-10-4-2-5-11-19)17-20-12-6-3-7-13-20/h2-15H,16-18H2,1H3. The van der Waals surface area contributed by atoms with Gasteiger partial charge in [0.2, 0.25) is 0 Å². The van der Waals surface area contributed by atoms with Gasteiger partial charge in [-0.3, -0.25) is 4.79 Å². The van der Waals surface area contributed by atoms with Crippen LogP contribution >= 0.6 is 0 Å². The van der Waals surface area contributed by atoms with Gasteiger partial charge in [-0.05, 0) is 17.2 Å². The van der Waals surface area contributed by atoms with Crippen LogP contribution in [0.25, 0.3) is 11.0 Å². The number of para-hydroxylation sites is 1. The molecule has 29 heavy (non-hydrogen) atoms. The summed E-state index contributed by atoms with van der Waals surface area (Å²) in [6, 6.07) is 27.7. The molecule has 1 amide bonds. The minimum Gasteiger partial charge on any atom is -0.451 e. The molecule has 0 N–H and O–H groups in total. The monoisotopic (exact) mass is 385 g/mol. The number of benzene rings is 3. The van der Waals surface area contributed by atoms with Crippen molar-refractivity contribution in [2.45, 2.75) is 19.7 Å². The fraction of sp³-hybridized carbons (Fsp3) is 0.160. The summed E-state index contributed by atoms with van der Waals surface area (Å²) in [5, 5.41) is 0.914. The summed E-state index contributed by atoms with van der Waals surface area (Å²) in [6.45, 7) is 1.32. The minimum absolute atomic E-state index is 0.138. The summed E-state index contributed by atoms with van der Waals surface area (Å²) in [5.74, 6) is 0.209. The molecule has 0 aliphatic heterocycles. The lowest BCUT2D eigenvalue weighted by Gasteiger charge is -2.22. The van der Waals surface area contributed by atoms with E-state index in [0.29, 0.717) is 31.0 Å². The maximum absolute atomic E-state index is 13.6. The Kier molecular flexibility index (Phi) is 5.73. The van der Waals surface area contributed by atoms with Crippen molar-refractivity contribution in [1.29, 1.82) is 0 Å². The van der Waals surface area contributed by atoms with E-state index in [1.54, 1.807) is 7.11 Å². The molecule has 4 rings (SSSR count). The fourth-order valence-electron chi connectivity index (χ4n) is 3.51. The Morgan fingerprint density at radius 2 is 1.38 bits per heavy atom. The molecule has 4 nitrogen and oxygen atoms in total. The zero-order chi connectivity index (χ0) is 20.1. The molecule has 0 saturated carbocycles. The molecule has 0 bridgehead atoms. The third-order valence-electron chi connectivity index (χ3n) is 4.90. The lowest BCUT2D eigenvalue weighted by atomic mass is 10.1. The summed E-state index contributed by atoms with van der Waals surface area (Å²) in [5.41, 5.74) is 3.63. The third kappa shape index (κ3) is 4.23. The predicted molar refractivity (Wildman–Crippen MR) is 113 cm³/mol. The first kappa shape index (κ1) is 19.0. The van der Waals surface area contributed by atoms with Crippen molar-refractivity contribution in [3.8, 4) is 0 Å². The van der Waals surface area contributed by atoms with Gasteiger partial charge in [0.25, 0.3) is 5.91 Å². The van der Waals surface area contributed by atoms with Crippen molar-refractivity contribution < 1.29 is 13.9 Å². The number of carbonyl (C=O) groups is 1. The van der Waals surface area contributed by atoms with Crippen LogP contribution in [0.5, 0.6) is 0 Å². The van der Waals surface area contributed by atoms with Crippen LogP contribution in [0, 0.1) is 0 Å². The van der Waals surface area contributed by atoms with Crippen LogP contribution in [0.2, 0.25) is 0 Å². The van der Waals surface area contributed by atoms with Crippen LogP contribution in [-0.4, -0.2) is 17.9 Å². The molecular weight excluding hydrogens is 362 g/mol. The van der Waals surface area contributed by atoms with Crippen LogP contribution in [0.1, 0.15) is 27.2 Å². The zero-order valence-electron chi connectivity index (χ0n) is 16.4. The lowest BCUT2D eigenvalue weighted by molar-refractivity contribution is 0.0693. The van der Waals surface area contributed by atoms with Crippen molar-refractivity contribution in [2.75, 3.05) is 7.11 Å². The van der Waals surface area contributed by atoms with Gasteiger partial charge >= 0.3 is 0 Å². The molecule has 0 radical (unpaired) electrons. The zero-order valence-corrected chi connectivity index (χ0v) is 16.4. The molecule has 0 fully saturated rings. The summed E-state index contributed by atoms with van der Waals surface area (Å²) in [4.78, 5) is 15.4. The second-order valence-corrected chi connectivity index (χ2v) is 6.97. The van der Waals surface area contributed by atoms with Gasteiger partial charge in [-0.1, -0.05) is 78.9 Å². The molecule has 4 aromatic rings. The van der Waals surface area contributed by atoms with Crippen molar-refractivity contribution in [3.05, 3.63) is 107 Å². The van der Waals surface area contributed by atoms with E-state index in [0.717, 1.165) is 22.1 Å². The number of carbonyl (C=O) groups excluding carboxylic acids is 1. The molecule has 4 heteroatoms. The fourth-order valence-corrected chi connectivity index (χ4v) is 3.51. The maximum atomic E-state index is 13.6. The maximum Gasteiger partial charge on any atom is 0.290 e. The highest BCUT2D eigenvalue weighted by atomic mass is 16.5. The van der Waals surface area contributed by atoms with E-state index >= 15 is 0 Å². The van der Waals surface area contributed by atoms with Crippen molar-refractivity contribution in [3.63, 3.8) is 0 Å². The largest absolute Gasteiger partial charge is 0.451 e. The number of rotatable bonds is 7. The average molecular weight is 385 g/mol. The number of hydrogen-bond acceptors (Lipinski definition) is 3. The predicted octanol–water partition coefficient (Wildman–Crippen LogP) is 5.42. The van der Waals surface area contributed by atoms with Crippen molar-refractivity contribution >= 4 is 16.9 Å². The van der Waals surface area contributed by atoms with E-state index in [1.165, 1.54) is 0 Å². The normalized spacial score (nSPS) is 10.9. The van der Waals surface area contributed by atoms with Gasteiger partial charge in [0.1, 0.15) is 5.58 Å². The Balaban J connectivity index is 1.72. The molecule has 0 saturated heterocycles. The number of ether oxygens (including phenoxy) is 1. The number of hydrogen-bond donors (Lipinski definition) is 0. The first-order chi connectivity index (χ1) is 14.3. The van der Waals surface area contributed by atoms with Crippen molar-refractivity contribution in [2.24, 2.45) is 0 Å². The number of methoxy groups -OCH3 is 1. The van der Waals surface area contributed by atoms with Crippen LogP contribution in [0.4, 0.5) is 0 Å². The minimum atomic E-state index is -0.138. The van der Waals surface area contributed by atoms with Crippen LogP contribution in [-0.2, 0) is 24.4 Å². The number of amides is 1. The number of fused-ring (bicyclic) bond motifs is 1. The molecule has 1 heterocycles. The van der Waals surface area contributed by atoms with E-state index in [2.05, 4.69) is 0 Å². The second-order valence-electron chi connectivity index (χ2n) is 6.97. The highest BCUT2D eigenvalue weighted by molar-refractivity contribution is 5.99. The van der Waals surface area contributed by atoms with E-state index < -0.39 is 0 Å². The number of nitrogens with zero attached hydrogens (tertiary/aromatic N) is 1. The molecular formula is C25H23NO3. The Bertz CT molecular complexity index is 1050. The SMILES string of the molecule is COCc1c(C(=O)N(Cc2ccccc2)Cc2ccccc2)oc2ccccc12. The first-order valence-corrected chi connectivity index (χ1v) is 9.62. The highest BCUT2D eigenvalue weighted by Gasteiger charge is 2.25. The molecule has 146 valence electrons. The molecule has 0 unspecified atom stereocenters. The van der Waals surface area contributed by atoms with Gasteiger partial charge in [-0.15, -0.1) is 0 Å². The summed E-state index contributed by atoms with van der Waals surface area (Å²) in [6.07, 6.45) is 0. The quantitative estimate of drug-likeness (QED) is 0.426. The van der Waals surface area contributed by atoms with Gasteiger partial charge in [0, 0.05) is 31.1 Å². The van der Waals surface area contributed by atoms with Gasteiger partial charge < -0.3 is 14.1 Å². The Morgan fingerprint density at radius 3 is 1.97 bits per heavy atom.